The highest BCUT2D eigenvalue weighted by atomic mass is 35.5. The van der Waals surface area contributed by atoms with Gasteiger partial charge in [0.1, 0.15) is 0 Å². The molecular formula is C20H22Cl4N2O2. The molecule has 0 radical (unpaired) electrons. The van der Waals surface area contributed by atoms with Crippen LogP contribution in [0.2, 0.25) is 20.1 Å². The molecule has 3 rings (SSSR count). The number of likely N-dealkylation sites (N-methyl/N-ethyl adjacent to an activating group) is 1. The topological polar surface area (TPSA) is 46.9 Å². The van der Waals surface area contributed by atoms with Crippen LogP contribution in [-0.2, 0) is 5.60 Å². The normalized spacial score (nSPS) is 21.5. The number of benzene rings is 2. The summed E-state index contributed by atoms with van der Waals surface area (Å²) in [5.41, 5.74) is -0.353. The maximum absolute atomic E-state index is 11.7. The molecule has 2 atom stereocenters. The number of hydrogen-bond donors (Lipinski definition) is 2. The van der Waals surface area contributed by atoms with Gasteiger partial charge in [0.15, 0.2) is 11.8 Å². The lowest BCUT2D eigenvalue weighted by molar-refractivity contribution is -0.0387. The van der Waals surface area contributed by atoms with Crippen molar-refractivity contribution < 1.29 is 10.2 Å². The Morgan fingerprint density at radius 1 is 1.00 bits per heavy atom. The molecule has 1 aliphatic rings. The minimum atomic E-state index is -1.77. The molecule has 0 saturated heterocycles. The first-order chi connectivity index (χ1) is 13.2. The Hall–Kier alpha value is -0.720. The average Bonchev–Trinajstić information content (AvgIpc) is 2.87. The molecule has 152 valence electrons. The lowest BCUT2D eigenvalue weighted by atomic mass is 9.87. The molecule has 0 saturated carbocycles. The summed E-state index contributed by atoms with van der Waals surface area (Å²) in [5, 5.41) is 24.2. The fourth-order valence-electron chi connectivity index (χ4n) is 3.71. The second kappa shape index (κ2) is 8.57. The van der Waals surface area contributed by atoms with E-state index in [4.69, 9.17) is 46.4 Å². The predicted molar refractivity (Wildman–Crippen MR) is 117 cm³/mol. The van der Waals surface area contributed by atoms with Crippen molar-refractivity contribution in [2.24, 2.45) is 0 Å². The van der Waals surface area contributed by atoms with E-state index in [0.29, 0.717) is 39.9 Å². The Balaban J connectivity index is 2.11. The van der Waals surface area contributed by atoms with E-state index in [1.807, 2.05) is 0 Å². The number of anilines is 1. The Bertz CT molecular complexity index is 876. The molecule has 2 aromatic rings. The van der Waals surface area contributed by atoms with Gasteiger partial charge in [-0.05, 0) is 42.9 Å². The van der Waals surface area contributed by atoms with Gasteiger partial charge < -0.3 is 20.0 Å². The van der Waals surface area contributed by atoms with Gasteiger partial charge in [0.05, 0.1) is 15.1 Å². The first-order valence-corrected chi connectivity index (χ1v) is 10.6. The van der Waals surface area contributed by atoms with Crippen LogP contribution in [0.4, 0.5) is 5.69 Å². The van der Waals surface area contributed by atoms with Crippen LogP contribution in [0.25, 0.3) is 0 Å². The summed E-state index contributed by atoms with van der Waals surface area (Å²) in [6.07, 6.45) is -1.26. The molecule has 0 amide bonds. The summed E-state index contributed by atoms with van der Waals surface area (Å²) in [6, 6.07) is 8.05. The summed E-state index contributed by atoms with van der Waals surface area (Å²) >= 11 is 24.9. The third-order valence-electron chi connectivity index (χ3n) is 5.30. The Labute approximate surface area is 185 Å². The molecule has 28 heavy (non-hydrogen) atoms. The van der Waals surface area contributed by atoms with E-state index in [1.54, 1.807) is 35.2 Å². The highest BCUT2D eigenvalue weighted by Gasteiger charge is 2.52. The van der Waals surface area contributed by atoms with Crippen molar-refractivity contribution in [1.29, 1.82) is 0 Å². The molecule has 0 spiro atoms. The van der Waals surface area contributed by atoms with Crippen molar-refractivity contribution in [2.45, 2.75) is 25.7 Å². The maximum atomic E-state index is 11.7. The van der Waals surface area contributed by atoms with Crippen LogP contribution in [0.15, 0.2) is 30.3 Å². The lowest BCUT2D eigenvalue weighted by Gasteiger charge is -2.33. The van der Waals surface area contributed by atoms with Crippen LogP contribution in [-0.4, -0.2) is 47.5 Å². The molecule has 2 aromatic carbocycles. The van der Waals surface area contributed by atoms with Gasteiger partial charge in [-0.15, -0.1) is 0 Å². The smallest absolute Gasteiger partial charge is 0.164 e. The molecule has 4 nitrogen and oxygen atoms in total. The number of hydrogen-bond acceptors (Lipinski definition) is 4. The SMILES string of the molecule is CCN(CC)CCN1c2cc(Cl)cc(Cl)c2C(O)(c2ccc(Cl)c(Cl)c2)C1O. The second-order valence-corrected chi connectivity index (χ2v) is 8.43. The minimum absolute atomic E-state index is 0.278. The van der Waals surface area contributed by atoms with Crippen LogP contribution in [0.1, 0.15) is 25.0 Å². The van der Waals surface area contributed by atoms with E-state index < -0.39 is 11.8 Å². The van der Waals surface area contributed by atoms with Gasteiger partial charge in [0, 0.05) is 29.4 Å². The van der Waals surface area contributed by atoms with Crippen LogP contribution >= 0.6 is 46.4 Å². The van der Waals surface area contributed by atoms with Gasteiger partial charge in [0.25, 0.3) is 0 Å². The number of aliphatic hydroxyl groups excluding tert-OH is 1. The molecule has 8 heteroatoms. The Morgan fingerprint density at radius 2 is 1.68 bits per heavy atom. The van der Waals surface area contributed by atoms with Crippen molar-refractivity contribution in [3.63, 3.8) is 0 Å². The van der Waals surface area contributed by atoms with Gasteiger partial charge in [-0.2, -0.15) is 0 Å². The standard InChI is InChI=1S/C20H22Cl4N2O2/c1-3-25(4-2)7-8-26-17-11-13(21)10-16(24)18(17)20(28,19(26)27)12-5-6-14(22)15(23)9-12/h5-6,9-11,19,27-28H,3-4,7-8H2,1-2H3. The molecule has 2 unspecified atom stereocenters. The highest BCUT2D eigenvalue weighted by molar-refractivity contribution is 6.42. The summed E-state index contributed by atoms with van der Waals surface area (Å²) in [7, 11) is 0. The number of halogens is 4. The Kier molecular flexibility index (Phi) is 6.72. The van der Waals surface area contributed by atoms with Crippen LogP contribution in [0.3, 0.4) is 0 Å². The van der Waals surface area contributed by atoms with Gasteiger partial charge in [-0.25, -0.2) is 0 Å². The van der Waals surface area contributed by atoms with Crippen LogP contribution in [0.5, 0.6) is 0 Å². The molecule has 0 aromatic heterocycles. The lowest BCUT2D eigenvalue weighted by Crippen LogP contribution is -2.48. The van der Waals surface area contributed by atoms with Crippen molar-refractivity contribution in [2.75, 3.05) is 31.1 Å². The van der Waals surface area contributed by atoms with E-state index in [-0.39, 0.29) is 10.0 Å². The van der Waals surface area contributed by atoms with Gasteiger partial charge >= 0.3 is 0 Å². The van der Waals surface area contributed by atoms with Crippen molar-refractivity contribution in [3.05, 3.63) is 61.5 Å². The molecule has 0 fully saturated rings. The first-order valence-electron chi connectivity index (χ1n) is 9.08. The molecule has 2 N–H and O–H groups in total. The number of aliphatic hydroxyl groups is 2. The van der Waals surface area contributed by atoms with E-state index >= 15 is 0 Å². The predicted octanol–water partition coefficient (Wildman–Crippen LogP) is 5.02. The van der Waals surface area contributed by atoms with Crippen molar-refractivity contribution in [1.82, 2.24) is 4.90 Å². The zero-order valence-corrected chi connectivity index (χ0v) is 18.6. The zero-order valence-electron chi connectivity index (χ0n) is 15.6. The van der Waals surface area contributed by atoms with E-state index in [2.05, 4.69) is 18.7 Å². The van der Waals surface area contributed by atoms with Crippen molar-refractivity contribution in [3.8, 4) is 0 Å². The van der Waals surface area contributed by atoms with E-state index in [9.17, 15) is 10.2 Å². The van der Waals surface area contributed by atoms with E-state index in [1.165, 1.54) is 0 Å². The van der Waals surface area contributed by atoms with Gasteiger partial charge in [0.2, 0.25) is 0 Å². The highest BCUT2D eigenvalue weighted by Crippen LogP contribution is 2.51. The number of rotatable bonds is 6. The quantitative estimate of drug-likeness (QED) is 0.631. The summed E-state index contributed by atoms with van der Waals surface area (Å²) in [6.45, 7) is 7.15. The fourth-order valence-corrected chi connectivity index (χ4v) is 4.63. The number of nitrogens with zero attached hydrogens (tertiary/aromatic N) is 2. The van der Waals surface area contributed by atoms with Crippen LogP contribution in [0, 0.1) is 0 Å². The van der Waals surface area contributed by atoms with Crippen LogP contribution < -0.4 is 4.90 Å². The fraction of sp³-hybridized carbons (Fsp3) is 0.400. The summed E-state index contributed by atoms with van der Waals surface area (Å²) in [4.78, 5) is 3.96. The summed E-state index contributed by atoms with van der Waals surface area (Å²) in [5.74, 6) is 0. The maximum Gasteiger partial charge on any atom is 0.164 e. The van der Waals surface area contributed by atoms with Gasteiger partial charge in [-0.1, -0.05) is 66.3 Å². The van der Waals surface area contributed by atoms with E-state index in [0.717, 1.165) is 13.1 Å². The first kappa shape index (κ1) is 22.0. The Morgan fingerprint density at radius 3 is 2.29 bits per heavy atom. The summed E-state index contributed by atoms with van der Waals surface area (Å²) < 4.78 is 0. The monoisotopic (exact) mass is 462 g/mol. The molecule has 0 aliphatic carbocycles. The number of fused-ring (bicyclic) bond motifs is 1. The largest absolute Gasteiger partial charge is 0.375 e. The van der Waals surface area contributed by atoms with Gasteiger partial charge in [-0.3, -0.25) is 0 Å². The molecular weight excluding hydrogens is 442 g/mol. The molecule has 0 bridgehead atoms. The zero-order chi connectivity index (χ0) is 20.6. The molecule has 1 heterocycles. The van der Waals surface area contributed by atoms with Crippen molar-refractivity contribution >= 4 is 52.1 Å². The average molecular weight is 464 g/mol. The molecule has 1 aliphatic heterocycles. The second-order valence-electron chi connectivity index (χ2n) is 6.77. The third kappa shape index (κ3) is 3.72. The third-order valence-corrected chi connectivity index (χ3v) is 6.56. The minimum Gasteiger partial charge on any atom is -0.375 e.